The lowest BCUT2D eigenvalue weighted by atomic mass is 10.1. The van der Waals surface area contributed by atoms with Gasteiger partial charge in [0.1, 0.15) is 0 Å². The lowest BCUT2D eigenvalue weighted by Gasteiger charge is -2.22. The standard InChI is InChI=1S/C7H15NO/c1-7(2)6-9-5-3-4-8-7/h8H,3-6H2,1-2H3. The minimum absolute atomic E-state index is 0.191. The third-order valence-electron chi connectivity index (χ3n) is 1.53. The average Bonchev–Trinajstić information content (AvgIpc) is 1.92. The summed E-state index contributed by atoms with van der Waals surface area (Å²) in [6.07, 6.45) is 1.14. The molecule has 0 aliphatic carbocycles. The molecule has 0 aromatic heterocycles. The van der Waals surface area contributed by atoms with Gasteiger partial charge in [0, 0.05) is 12.1 Å². The summed E-state index contributed by atoms with van der Waals surface area (Å²) in [6.45, 7) is 7.17. The van der Waals surface area contributed by atoms with Gasteiger partial charge in [0.2, 0.25) is 0 Å². The smallest absolute Gasteiger partial charge is 0.0642 e. The van der Waals surface area contributed by atoms with Gasteiger partial charge in [-0.05, 0) is 26.8 Å². The summed E-state index contributed by atoms with van der Waals surface area (Å²) in [5.41, 5.74) is 0.191. The van der Waals surface area contributed by atoms with Gasteiger partial charge in [-0.25, -0.2) is 0 Å². The fourth-order valence-electron chi connectivity index (χ4n) is 0.979. The molecule has 2 nitrogen and oxygen atoms in total. The third-order valence-corrected chi connectivity index (χ3v) is 1.53. The molecule has 0 aromatic carbocycles. The molecule has 0 radical (unpaired) electrons. The fraction of sp³-hybridized carbons (Fsp3) is 1.00. The Morgan fingerprint density at radius 1 is 1.44 bits per heavy atom. The maximum absolute atomic E-state index is 5.35. The Labute approximate surface area is 56.6 Å². The van der Waals surface area contributed by atoms with Gasteiger partial charge in [0.15, 0.2) is 0 Å². The van der Waals surface area contributed by atoms with Crippen LogP contribution >= 0.6 is 0 Å². The zero-order chi connectivity index (χ0) is 6.74. The maximum atomic E-state index is 5.35. The van der Waals surface area contributed by atoms with Crippen molar-refractivity contribution < 1.29 is 4.74 Å². The van der Waals surface area contributed by atoms with Gasteiger partial charge in [0.05, 0.1) is 6.61 Å². The van der Waals surface area contributed by atoms with Crippen molar-refractivity contribution in [1.82, 2.24) is 5.32 Å². The van der Waals surface area contributed by atoms with Crippen LogP contribution < -0.4 is 5.32 Å². The van der Waals surface area contributed by atoms with E-state index in [1.54, 1.807) is 0 Å². The predicted octanol–water partition coefficient (Wildman–Crippen LogP) is 0.775. The van der Waals surface area contributed by atoms with Crippen molar-refractivity contribution in [2.45, 2.75) is 25.8 Å². The van der Waals surface area contributed by atoms with E-state index in [4.69, 9.17) is 4.74 Å². The Bertz CT molecular complexity index is 80.9. The Hall–Kier alpha value is -0.0800. The van der Waals surface area contributed by atoms with Crippen molar-refractivity contribution in [2.75, 3.05) is 19.8 Å². The van der Waals surface area contributed by atoms with Gasteiger partial charge in [-0.2, -0.15) is 0 Å². The van der Waals surface area contributed by atoms with E-state index >= 15 is 0 Å². The van der Waals surface area contributed by atoms with E-state index in [1.807, 2.05) is 0 Å². The lowest BCUT2D eigenvalue weighted by Crippen LogP contribution is -2.41. The molecule has 54 valence electrons. The molecule has 1 aliphatic heterocycles. The Morgan fingerprint density at radius 2 is 2.22 bits per heavy atom. The van der Waals surface area contributed by atoms with Crippen LogP contribution in [-0.4, -0.2) is 25.3 Å². The van der Waals surface area contributed by atoms with Crippen LogP contribution in [0.15, 0.2) is 0 Å². The normalized spacial score (nSPS) is 27.3. The van der Waals surface area contributed by atoms with E-state index in [1.165, 1.54) is 0 Å². The molecule has 1 heterocycles. The van der Waals surface area contributed by atoms with Gasteiger partial charge in [-0.15, -0.1) is 0 Å². The minimum atomic E-state index is 0.191. The molecule has 2 heteroatoms. The number of hydrogen-bond donors (Lipinski definition) is 1. The first-order valence-electron chi connectivity index (χ1n) is 3.53. The summed E-state index contributed by atoms with van der Waals surface area (Å²) in [5, 5.41) is 3.40. The molecule has 0 spiro atoms. The van der Waals surface area contributed by atoms with E-state index in [-0.39, 0.29) is 5.54 Å². The van der Waals surface area contributed by atoms with Crippen LogP contribution in [0.3, 0.4) is 0 Å². The van der Waals surface area contributed by atoms with Crippen LogP contribution in [-0.2, 0) is 4.74 Å². The van der Waals surface area contributed by atoms with Crippen LogP contribution in [0.2, 0.25) is 0 Å². The number of rotatable bonds is 0. The monoisotopic (exact) mass is 129 g/mol. The average molecular weight is 129 g/mol. The van der Waals surface area contributed by atoms with E-state index in [2.05, 4.69) is 19.2 Å². The van der Waals surface area contributed by atoms with E-state index in [0.717, 1.165) is 26.2 Å². The van der Waals surface area contributed by atoms with Gasteiger partial charge in [0.25, 0.3) is 0 Å². The van der Waals surface area contributed by atoms with Crippen LogP contribution in [0.1, 0.15) is 20.3 Å². The highest BCUT2D eigenvalue weighted by Crippen LogP contribution is 2.05. The Kier molecular flexibility index (Phi) is 2.09. The molecule has 1 fully saturated rings. The number of nitrogens with one attached hydrogen (secondary N) is 1. The highest BCUT2D eigenvalue weighted by Gasteiger charge is 2.18. The summed E-state index contributed by atoms with van der Waals surface area (Å²) in [7, 11) is 0. The van der Waals surface area contributed by atoms with Gasteiger partial charge in [-0.1, -0.05) is 0 Å². The molecule has 9 heavy (non-hydrogen) atoms. The molecule has 1 aliphatic rings. The highest BCUT2D eigenvalue weighted by atomic mass is 16.5. The summed E-state index contributed by atoms with van der Waals surface area (Å²) >= 11 is 0. The van der Waals surface area contributed by atoms with Gasteiger partial charge < -0.3 is 10.1 Å². The lowest BCUT2D eigenvalue weighted by molar-refractivity contribution is 0.106. The van der Waals surface area contributed by atoms with Crippen molar-refractivity contribution >= 4 is 0 Å². The second-order valence-corrected chi connectivity index (χ2v) is 3.22. The van der Waals surface area contributed by atoms with Crippen molar-refractivity contribution in [3.63, 3.8) is 0 Å². The van der Waals surface area contributed by atoms with Crippen molar-refractivity contribution in [3.8, 4) is 0 Å². The molecular formula is C7H15NO. The Balaban J connectivity index is 2.36. The topological polar surface area (TPSA) is 21.3 Å². The molecule has 1 saturated heterocycles. The molecule has 0 bridgehead atoms. The molecule has 1 rings (SSSR count). The first-order valence-corrected chi connectivity index (χ1v) is 3.53. The van der Waals surface area contributed by atoms with Crippen LogP contribution in [0.25, 0.3) is 0 Å². The van der Waals surface area contributed by atoms with Crippen LogP contribution in [0.4, 0.5) is 0 Å². The quantitative estimate of drug-likeness (QED) is 0.521. The highest BCUT2D eigenvalue weighted by molar-refractivity contribution is 4.78. The molecule has 0 amide bonds. The number of ether oxygens (including phenoxy) is 1. The van der Waals surface area contributed by atoms with E-state index in [0.29, 0.717) is 0 Å². The van der Waals surface area contributed by atoms with Gasteiger partial charge >= 0.3 is 0 Å². The zero-order valence-electron chi connectivity index (χ0n) is 6.24. The SMILES string of the molecule is CC1(C)COCCCN1. The summed E-state index contributed by atoms with van der Waals surface area (Å²) in [6, 6.07) is 0. The fourth-order valence-corrected chi connectivity index (χ4v) is 0.979. The predicted molar refractivity (Wildman–Crippen MR) is 37.5 cm³/mol. The van der Waals surface area contributed by atoms with Crippen LogP contribution in [0, 0.1) is 0 Å². The van der Waals surface area contributed by atoms with Gasteiger partial charge in [-0.3, -0.25) is 0 Å². The molecule has 0 saturated carbocycles. The summed E-state index contributed by atoms with van der Waals surface area (Å²) < 4.78 is 5.35. The summed E-state index contributed by atoms with van der Waals surface area (Å²) in [5.74, 6) is 0. The largest absolute Gasteiger partial charge is 0.380 e. The molecule has 0 atom stereocenters. The minimum Gasteiger partial charge on any atom is -0.380 e. The molecule has 0 unspecified atom stereocenters. The molecular weight excluding hydrogens is 114 g/mol. The zero-order valence-corrected chi connectivity index (χ0v) is 6.24. The maximum Gasteiger partial charge on any atom is 0.0642 e. The van der Waals surface area contributed by atoms with Crippen LogP contribution in [0.5, 0.6) is 0 Å². The first-order chi connectivity index (χ1) is 4.21. The van der Waals surface area contributed by atoms with E-state index in [9.17, 15) is 0 Å². The summed E-state index contributed by atoms with van der Waals surface area (Å²) in [4.78, 5) is 0. The van der Waals surface area contributed by atoms with Crippen molar-refractivity contribution in [1.29, 1.82) is 0 Å². The second-order valence-electron chi connectivity index (χ2n) is 3.22. The number of hydrogen-bond acceptors (Lipinski definition) is 2. The molecule has 0 aromatic rings. The van der Waals surface area contributed by atoms with Crippen molar-refractivity contribution in [3.05, 3.63) is 0 Å². The molecule has 1 N–H and O–H groups in total. The van der Waals surface area contributed by atoms with E-state index < -0.39 is 0 Å². The van der Waals surface area contributed by atoms with Crippen molar-refractivity contribution in [2.24, 2.45) is 0 Å². The Morgan fingerprint density at radius 3 is 3.00 bits per heavy atom. The first kappa shape index (κ1) is 7.03. The third kappa shape index (κ3) is 2.33. The second kappa shape index (κ2) is 2.67.